The van der Waals surface area contributed by atoms with Crippen molar-refractivity contribution in [2.45, 2.75) is 33.2 Å². The maximum Gasteiger partial charge on any atom is 0.251 e. The zero-order valence-corrected chi connectivity index (χ0v) is 12.9. The van der Waals surface area contributed by atoms with Gasteiger partial charge in [0, 0.05) is 18.2 Å². The number of hydrogen-bond donors (Lipinski definition) is 2. The molecule has 20 heavy (non-hydrogen) atoms. The van der Waals surface area contributed by atoms with E-state index in [1.807, 2.05) is 31.2 Å². The summed E-state index contributed by atoms with van der Waals surface area (Å²) < 4.78 is 0. The molecular formula is C16H27N3O. The Bertz CT molecular complexity index is 416. The molecule has 0 spiro atoms. The maximum absolute atomic E-state index is 12.2. The molecule has 1 unspecified atom stereocenters. The van der Waals surface area contributed by atoms with Crippen LogP contribution in [0, 0.1) is 0 Å². The number of benzene rings is 1. The number of likely N-dealkylation sites (N-methyl/N-ethyl adjacent to an activating group) is 1. The average molecular weight is 277 g/mol. The quantitative estimate of drug-likeness (QED) is 0.759. The van der Waals surface area contributed by atoms with Crippen molar-refractivity contribution in [3.8, 4) is 0 Å². The van der Waals surface area contributed by atoms with Crippen LogP contribution in [0.15, 0.2) is 24.3 Å². The van der Waals surface area contributed by atoms with Crippen LogP contribution in [0.1, 0.15) is 36.7 Å². The number of nitrogens with two attached hydrogens (primary N) is 1. The molecule has 1 atom stereocenters. The van der Waals surface area contributed by atoms with E-state index in [0.29, 0.717) is 12.1 Å². The van der Waals surface area contributed by atoms with Crippen molar-refractivity contribution in [1.29, 1.82) is 0 Å². The van der Waals surface area contributed by atoms with Crippen LogP contribution in [-0.2, 0) is 6.42 Å². The standard InChI is InChI=1S/C16H27N3O/c1-4-19(5-2)12-13(3)18-16(20)15-8-6-7-14(11-15)9-10-17/h6-8,11,13H,4-5,9-10,12,17H2,1-3H3,(H,18,20). The van der Waals surface area contributed by atoms with E-state index in [9.17, 15) is 4.79 Å². The van der Waals surface area contributed by atoms with Crippen molar-refractivity contribution in [3.05, 3.63) is 35.4 Å². The number of hydrogen-bond acceptors (Lipinski definition) is 3. The Morgan fingerprint density at radius 2 is 2.05 bits per heavy atom. The molecule has 0 radical (unpaired) electrons. The second-order valence-electron chi connectivity index (χ2n) is 5.10. The van der Waals surface area contributed by atoms with E-state index in [1.54, 1.807) is 0 Å². The zero-order valence-electron chi connectivity index (χ0n) is 12.9. The average Bonchev–Trinajstić information content (AvgIpc) is 2.45. The number of nitrogens with zero attached hydrogens (tertiary/aromatic N) is 1. The lowest BCUT2D eigenvalue weighted by molar-refractivity contribution is 0.0930. The van der Waals surface area contributed by atoms with Gasteiger partial charge in [0.25, 0.3) is 5.91 Å². The number of carbonyl (C=O) groups is 1. The lowest BCUT2D eigenvalue weighted by Gasteiger charge is -2.23. The van der Waals surface area contributed by atoms with Crippen LogP contribution in [0.3, 0.4) is 0 Å². The van der Waals surface area contributed by atoms with E-state index < -0.39 is 0 Å². The number of amides is 1. The van der Waals surface area contributed by atoms with Gasteiger partial charge in [-0.15, -0.1) is 0 Å². The Morgan fingerprint density at radius 1 is 1.35 bits per heavy atom. The van der Waals surface area contributed by atoms with E-state index in [0.717, 1.165) is 31.6 Å². The Balaban J connectivity index is 2.59. The molecule has 1 aromatic rings. The number of rotatable bonds is 8. The van der Waals surface area contributed by atoms with E-state index >= 15 is 0 Å². The first-order valence-electron chi connectivity index (χ1n) is 7.42. The van der Waals surface area contributed by atoms with Crippen molar-refractivity contribution >= 4 is 5.91 Å². The van der Waals surface area contributed by atoms with Crippen molar-refractivity contribution in [1.82, 2.24) is 10.2 Å². The highest BCUT2D eigenvalue weighted by Gasteiger charge is 2.12. The van der Waals surface area contributed by atoms with Crippen molar-refractivity contribution in [3.63, 3.8) is 0 Å². The molecule has 4 heteroatoms. The molecule has 0 aliphatic rings. The van der Waals surface area contributed by atoms with Crippen LogP contribution in [-0.4, -0.2) is 43.0 Å². The highest BCUT2D eigenvalue weighted by atomic mass is 16.1. The topological polar surface area (TPSA) is 58.4 Å². The maximum atomic E-state index is 12.2. The summed E-state index contributed by atoms with van der Waals surface area (Å²) in [6.07, 6.45) is 0.802. The van der Waals surface area contributed by atoms with Crippen LogP contribution in [0.25, 0.3) is 0 Å². The van der Waals surface area contributed by atoms with Crippen LogP contribution >= 0.6 is 0 Å². The smallest absolute Gasteiger partial charge is 0.251 e. The highest BCUT2D eigenvalue weighted by Crippen LogP contribution is 2.06. The number of carbonyl (C=O) groups excluding carboxylic acids is 1. The first-order chi connectivity index (χ1) is 9.60. The van der Waals surface area contributed by atoms with Gasteiger partial charge in [0.05, 0.1) is 0 Å². The molecule has 3 N–H and O–H groups in total. The van der Waals surface area contributed by atoms with Crippen molar-refractivity contribution in [2.75, 3.05) is 26.2 Å². The van der Waals surface area contributed by atoms with Gasteiger partial charge in [0.15, 0.2) is 0 Å². The van der Waals surface area contributed by atoms with Gasteiger partial charge in [-0.25, -0.2) is 0 Å². The number of nitrogens with one attached hydrogen (secondary N) is 1. The molecule has 0 aliphatic carbocycles. The fourth-order valence-corrected chi connectivity index (χ4v) is 2.26. The Morgan fingerprint density at radius 3 is 2.65 bits per heavy atom. The second kappa shape index (κ2) is 8.72. The van der Waals surface area contributed by atoms with Crippen LogP contribution < -0.4 is 11.1 Å². The minimum absolute atomic E-state index is 0.0106. The lowest BCUT2D eigenvalue weighted by Crippen LogP contribution is -2.41. The minimum Gasteiger partial charge on any atom is -0.348 e. The molecule has 4 nitrogen and oxygen atoms in total. The third-order valence-electron chi connectivity index (χ3n) is 3.43. The van der Waals surface area contributed by atoms with E-state index in [-0.39, 0.29) is 11.9 Å². The summed E-state index contributed by atoms with van der Waals surface area (Å²) >= 11 is 0. The molecule has 0 heterocycles. The van der Waals surface area contributed by atoms with Crippen molar-refractivity contribution < 1.29 is 4.79 Å². The van der Waals surface area contributed by atoms with Gasteiger partial charge < -0.3 is 16.0 Å². The largest absolute Gasteiger partial charge is 0.348 e. The Hall–Kier alpha value is -1.39. The molecule has 0 aromatic heterocycles. The van der Waals surface area contributed by atoms with Gasteiger partial charge in [0.2, 0.25) is 0 Å². The Kier molecular flexibility index (Phi) is 7.26. The third-order valence-corrected chi connectivity index (χ3v) is 3.43. The van der Waals surface area contributed by atoms with Gasteiger partial charge in [0.1, 0.15) is 0 Å². The molecular weight excluding hydrogens is 250 g/mol. The van der Waals surface area contributed by atoms with Crippen LogP contribution in [0.5, 0.6) is 0 Å². The van der Waals surface area contributed by atoms with E-state index in [1.165, 1.54) is 0 Å². The molecule has 0 saturated carbocycles. The summed E-state index contributed by atoms with van der Waals surface area (Å²) in [5.41, 5.74) is 7.37. The molecule has 0 saturated heterocycles. The fraction of sp³-hybridized carbons (Fsp3) is 0.562. The van der Waals surface area contributed by atoms with Crippen LogP contribution in [0.2, 0.25) is 0 Å². The fourth-order valence-electron chi connectivity index (χ4n) is 2.26. The predicted molar refractivity (Wildman–Crippen MR) is 83.9 cm³/mol. The third kappa shape index (κ3) is 5.31. The molecule has 0 bridgehead atoms. The van der Waals surface area contributed by atoms with Crippen LogP contribution in [0.4, 0.5) is 0 Å². The first-order valence-corrected chi connectivity index (χ1v) is 7.42. The van der Waals surface area contributed by atoms with Gasteiger partial charge in [-0.05, 0) is 50.7 Å². The van der Waals surface area contributed by atoms with E-state index in [4.69, 9.17) is 5.73 Å². The van der Waals surface area contributed by atoms with Gasteiger partial charge >= 0.3 is 0 Å². The highest BCUT2D eigenvalue weighted by molar-refractivity contribution is 5.94. The van der Waals surface area contributed by atoms with E-state index in [2.05, 4.69) is 24.1 Å². The first kappa shape index (κ1) is 16.7. The summed E-state index contributed by atoms with van der Waals surface area (Å²) in [5.74, 6) is -0.0106. The summed E-state index contributed by atoms with van der Waals surface area (Å²) in [4.78, 5) is 14.5. The summed E-state index contributed by atoms with van der Waals surface area (Å²) in [6, 6.07) is 7.82. The minimum atomic E-state index is -0.0106. The normalized spacial score (nSPS) is 12.4. The molecule has 0 fully saturated rings. The lowest BCUT2D eigenvalue weighted by atomic mass is 10.1. The molecule has 1 aromatic carbocycles. The zero-order chi connectivity index (χ0) is 15.0. The molecule has 1 amide bonds. The van der Waals surface area contributed by atoms with Crippen molar-refractivity contribution in [2.24, 2.45) is 5.73 Å². The molecule has 112 valence electrons. The van der Waals surface area contributed by atoms with Gasteiger partial charge in [-0.2, -0.15) is 0 Å². The molecule has 0 aliphatic heterocycles. The monoisotopic (exact) mass is 277 g/mol. The Labute approximate surface area is 122 Å². The van der Waals surface area contributed by atoms with Gasteiger partial charge in [-0.1, -0.05) is 26.0 Å². The van der Waals surface area contributed by atoms with Gasteiger partial charge in [-0.3, -0.25) is 4.79 Å². The summed E-state index contributed by atoms with van der Waals surface area (Å²) in [7, 11) is 0. The SMILES string of the molecule is CCN(CC)CC(C)NC(=O)c1cccc(CCN)c1. The molecule has 1 rings (SSSR count). The second-order valence-corrected chi connectivity index (χ2v) is 5.10. The predicted octanol–water partition coefficient (Wildman–Crippen LogP) is 1.65. The summed E-state index contributed by atoms with van der Waals surface area (Å²) in [5, 5.41) is 3.05. The summed E-state index contributed by atoms with van der Waals surface area (Å²) in [6.45, 7) is 9.79.